The molecule has 0 aromatic carbocycles. The van der Waals surface area contributed by atoms with Crippen molar-refractivity contribution < 1.29 is 19.1 Å². The monoisotopic (exact) mass is 462 g/mol. The second-order valence-corrected chi connectivity index (χ2v) is 11.8. The van der Waals surface area contributed by atoms with Crippen LogP contribution < -0.4 is 0 Å². The second kappa shape index (κ2) is 13.0. The molecule has 8 atom stereocenters. The molecule has 0 aliphatic heterocycles. The summed E-state index contributed by atoms with van der Waals surface area (Å²) in [7, 11) is 0. The Morgan fingerprint density at radius 1 is 0.788 bits per heavy atom. The molecule has 190 valence electrons. The summed E-state index contributed by atoms with van der Waals surface area (Å²) < 4.78 is 12.3. The molecule has 4 heteroatoms. The van der Waals surface area contributed by atoms with Gasteiger partial charge in [0.05, 0.1) is 11.8 Å². The van der Waals surface area contributed by atoms with Gasteiger partial charge in [0.25, 0.3) is 0 Å². The molecule has 2 aliphatic rings. The maximum absolute atomic E-state index is 13.4. The lowest BCUT2D eigenvalue weighted by molar-refractivity contribution is -0.173. The standard InChI is InChI=1S/C29H50O4/c1-9-10-11-25(29(31)33-27-17-21(7)13-15-24(27)19(4)5)22(8)28(30)32-26-16-20(6)12-14-23(26)18(2)3/h9-10,18-27H,11-17H2,1-8H3. The van der Waals surface area contributed by atoms with E-state index >= 15 is 0 Å². The SMILES string of the molecule is CC=CCC(C(=O)OC1CC(C)CCC1C(C)C)C(C)C(=O)OC1CC(C)CCC1C(C)C. The molecule has 0 amide bonds. The Balaban J connectivity index is 2.11. The van der Waals surface area contributed by atoms with Gasteiger partial charge in [0, 0.05) is 0 Å². The molecular weight excluding hydrogens is 412 g/mol. The Morgan fingerprint density at radius 2 is 1.24 bits per heavy atom. The van der Waals surface area contributed by atoms with Crippen molar-refractivity contribution in [1.82, 2.24) is 0 Å². The Bertz CT molecular complexity index is 652. The minimum atomic E-state index is -0.516. The number of allylic oxidation sites excluding steroid dienone is 2. The van der Waals surface area contributed by atoms with Crippen molar-refractivity contribution in [3.8, 4) is 0 Å². The zero-order valence-corrected chi connectivity index (χ0v) is 22.5. The fraction of sp³-hybridized carbons (Fsp3) is 0.862. The summed E-state index contributed by atoms with van der Waals surface area (Å²) in [6.07, 6.45) is 10.7. The van der Waals surface area contributed by atoms with Crippen LogP contribution in [-0.2, 0) is 19.1 Å². The highest BCUT2D eigenvalue weighted by Crippen LogP contribution is 2.38. The van der Waals surface area contributed by atoms with Crippen LogP contribution in [-0.4, -0.2) is 24.1 Å². The Hall–Kier alpha value is -1.32. The molecule has 2 aliphatic carbocycles. The molecule has 0 spiro atoms. The van der Waals surface area contributed by atoms with E-state index in [4.69, 9.17) is 9.47 Å². The Morgan fingerprint density at radius 3 is 1.67 bits per heavy atom. The first-order chi connectivity index (χ1) is 15.5. The second-order valence-electron chi connectivity index (χ2n) is 11.8. The van der Waals surface area contributed by atoms with Crippen LogP contribution >= 0.6 is 0 Å². The summed E-state index contributed by atoms with van der Waals surface area (Å²) in [6.45, 7) is 17.1. The molecule has 0 bridgehead atoms. The number of ether oxygens (including phenoxy) is 2. The quantitative estimate of drug-likeness (QED) is 0.268. The van der Waals surface area contributed by atoms with Crippen molar-refractivity contribution in [1.29, 1.82) is 0 Å². The maximum atomic E-state index is 13.4. The van der Waals surface area contributed by atoms with E-state index in [9.17, 15) is 9.59 Å². The fourth-order valence-corrected chi connectivity index (χ4v) is 5.94. The van der Waals surface area contributed by atoms with E-state index in [1.165, 1.54) is 12.8 Å². The van der Waals surface area contributed by atoms with Gasteiger partial charge in [-0.2, -0.15) is 0 Å². The van der Waals surface area contributed by atoms with E-state index in [1.54, 1.807) is 0 Å². The first kappa shape index (κ1) is 27.9. The van der Waals surface area contributed by atoms with Crippen molar-refractivity contribution in [3.63, 3.8) is 0 Å². The molecule has 4 nitrogen and oxygen atoms in total. The molecule has 2 saturated carbocycles. The Kier molecular flexibility index (Phi) is 11.0. The average Bonchev–Trinajstić information content (AvgIpc) is 2.73. The van der Waals surface area contributed by atoms with Crippen LogP contribution in [0.4, 0.5) is 0 Å². The van der Waals surface area contributed by atoms with E-state index in [2.05, 4.69) is 41.5 Å². The van der Waals surface area contributed by atoms with Gasteiger partial charge in [-0.15, -0.1) is 0 Å². The van der Waals surface area contributed by atoms with Crippen LogP contribution in [0.5, 0.6) is 0 Å². The van der Waals surface area contributed by atoms with Gasteiger partial charge in [-0.1, -0.05) is 73.5 Å². The lowest BCUT2D eigenvalue weighted by Gasteiger charge is -2.38. The highest BCUT2D eigenvalue weighted by molar-refractivity contribution is 5.82. The molecule has 2 fully saturated rings. The van der Waals surface area contributed by atoms with E-state index in [-0.39, 0.29) is 24.1 Å². The summed E-state index contributed by atoms with van der Waals surface area (Å²) in [6, 6.07) is 0. The van der Waals surface area contributed by atoms with Crippen molar-refractivity contribution >= 4 is 11.9 Å². The van der Waals surface area contributed by atoms with Gasteiger partial charge in [-0.3, -0.25) is 9.59 Å². The molecule has 33 heavy (non-hydrogen) atoms. The lowest BCUT2D eigenvalue weighted by Crippen LogP contribution is -2.41. The number of hydrogen-bond donors (Lipinski definition) is 0. The van der Waals surface area contributed by atoms with Gasteiger partial charge in [-0.25, -0.2) is 0 Å². The minimum Gasteiger partial charge on any atom is -0.462 e. The van der Waals surface area contributed by atoms with Crippen LogP contribution in [0.1, 0.15) is 100 Å². The zero-order chi connectivity index (χ0) is 24.7. The molecule has 0 radical (unpaired) electrons. The van der Waals surface area contributed by atoms with Crippen LogP contribution in [0.3, 0.4) is 0 Å². The highest BCUT2D eigenvalue weighted by Gasteiger charge is 2.40. The number of carbonyl (C=O) groups is 2. The van der Waals surface area contributed by atoms with Gasteiger partial charge in [0.15, 0.2) is 0 Å². The van der Waals surface area contributed by atoms with Gasteiger partial charge < -0.3 is 9.47 Å². The maximum Gasteiger partial charge on any atom is 0.310 e. The smallest absolute Gasteiger partial charge is 0.310 e. The van der Waals surface area contributed by atoms with E-state index < -0.39 is 11.8 Å². The van der Waals surface area contributed by atoms with Crippen LogP contribution in [0, 0.1) is 47.3 Å². The van der Waals surface area contributed by atoms with Crippen molar-refractivity contribution in [2.24, 2.45) is 47.3 Å². The summed E-state index contributed by atoms with van der Waals surface area (Å²) in [4.78, 5) is 26.6. The van der Waals surface area contributed by atoms with Gasteiger partial charge in [-0.05, 0) is 74.5 Å². The van der Waals surface area contributed by atoms with E-state index in [1.807, 2.05) is 26.0 Å². The predicted molar refractivity (Wildman–Crippen MR) is 135 cm³/mol. The number of rotatable bonds is 9. The highest BCUT2D eigenvalue weighted by atomic mass is 16.6. The largest absolute Gasteiger partial charge is 0.462 e. The van der Waals surface area contributed by atoms with E-state index in [0.717, 1.165) is 25.7 Å². The molecule has 2 rings (SSSR count). The molecule has 0 aromatic heterocycles. The summed E-state index contributed by atoms with van der Waals surface area (Å²) in [5.74, 6) is 1.38. The normalized spacial score (nSPS) is 32.7. The van der Waals surface area contributed by atoms with Gasteiger partial charge in [0.2, 0.25) is 0 Å². The fourth-order valence-electron chi connectivity index (χ4n) is 5.94. The molecule has 8 unspecified atom stereocenters. The molecule has 0 aromatic rings. The topological polar surface area (TPSA) is 52.6 Å². The number of esters is 2. The van der Waals surface area contributed by atoms with Crippen LogP contribution in [0.15, 0.2) is 12.2 Å². The Labute approximate surface area is 203 Å². The lowest BCUT2D eigenvalue weighted by atomic mass is 9.75. The summed E-state index contributed by atoms with van der Waals surface area (Å²) in [5.41, 5.74) is 0. The first-order valence-corrected chi connectivity index (χ1v) is 13.6. The molecular formula is C29H50O4. The zero-order valence-electron chi connectivity index (χ0n) is 22.5. The first-order valence-electron chi connectivity index (χ1n) is 13.6. The predicted octanol–water partition coefficient (Wildman–Crippen LogP) is 7.21. The molecule has 0 heterocycles. The van der Waals surface area contributed by atoms with Crippen LogP contribution in [0.2, 0.25) is 0 Å². The molecule has 0 N–H and O–H groups in total. The van der Waals surface area contributed by atoms with Gasteiger partial charge in [0.1, 0.15) is 12.2 Å². The third kappa shape index (κ3) is 7.86. The number of carbonyl (C=O) groups excluding carboxylic acids is 2. The van der Waals surface area contributed by atoms with Gasteiger partial charge >= 0.3 is 11.9 Å². The summed E-state index contributed by atoms with van der Waals surface area (Å²) >= 11 is 0. The minimum absolute atomic E-state index is 0.0494. The third-order valence-corrected chi connectivity index (χ3v) is 8.36. The van der Waals surface area contributed by atoms with Crippen molar-refractivity contribution in [2.75, 3.05) is 0 Å². The number of hydrogen-bond acceptors (Lipinski definition) is 4. The average molecular weight is 463 g/mol. The van der Waals surface area contributed by atoms with Crippen LogP contribution in [0.25, 0.3) is 0 Å². The molecule has 0 saturated heterocycles. The van der Waals surface area contributed by atoms with Crippen molar-refractivity contribution in [2.45, 2.75) is 113 Å². The summed E-state index contributed by atoms with van der Waals surface area (Å²) in [5, 5.41) is 0. The van der Waals surface area contributed by atoms with E-state index in [0.29, 0.717) is 41.9 Å². The third-order valence-electron chi connectivity index (χ3n) is 8.36. The van der Waals surface area contributed by atoms with Crippen molar-refractivity contribution in [3.05, 3.63) is 12.2 Å².